The molecule has 1 atom stereocenters. The van der Waals surface area contributed by atoms with Gasteiger partial charge in [-0.1, -0.05) is 0 Å². The fourth-order valence-electron chi connectivity index (χ4n) is 1.70. The summed E-state index contributed by atoms with van der Waals surface area (Å²) >= 11 is 0. The number of esters is 3. The molecule has 0 saturated carbocycles. The lowest BCUT2D eigenvalue weighted by Gasteiger charge is -2.06. The number of ether oxygens (including phenoxy) is 3. The molecule has 0 spiro atoms. The SMILES string of the molecule is CCOC(=O)C(C)=COC(=O)C(N=Nc1ccc(C(=O)OC)cc1)C(C)=O. The summed E-state index contributed by atoms with van der Waals surface area (Å²) in [6.07, 6.45) is 0.900. The Kier molecular flexibility index (Phi) is 8.50. The molecule has 0 aliphatic rings. The average molecular weight is 376 g/mol. The van der Waals surface area contributed by atoms with Gasteiger partial charge in [0, 0.05) is 0 Å². The number of nitrogens with zero attached hydrogens (tertiary/aromatic N) is 2. The van der Waals surface area contributed by atoms with Gasteiger partial charge in [0.1, 0.15) is 6.26 Å². The van der Waals surface area contributed by atoms with Crippen LogP contribution in [0.1, 0.15) is 31.1 Å². The zero-order valence-corrected chi connectivity index (χ0v) is 15.4. The summed E-state index contributed by atoms with van der Waals surface area (Å²) in [6, 6.07) is 4.39. The molecule has 0 heterocycles. The third kappa shape index (κ3) is 6.81. The quantitative estimate of drug-likeness (QED) is 0.171. The molecule has 0 aliphatic heterocycles. The van der Waals surface area contributed by atoms with Gasteiger partial charge < -0.3 is 14.2 Å². The maximum absolute atomic E-state index is 12.0. The lowest BCUT2D eigenvalue weighted by molar-refractivity contribution is -0.142. The van der Waals surface area contributed by atoms with Crippen LogP contribution in [0.5, 0.6) is 0 Å². The minimum atomic E-state index is -1.49. The molecule has 0 bridgehead atoms. The van der Waals surface area contributed by atoms with Crippen molar-refractivity contribution < 1.29 is 33.4 Å². The van der Waals surface area contributed by atoms with Crippen molar-refractivity contribution in [1.82, 2.24) is 0 Å². The van der Waals surface area contributed by atoms with Crippen LogP contribution in [0.15, 0.2) is 46.3 Å². The van der Waals surface area contributed by atoms with Crippen molar-refractivity contribution in [3.8, 4) is 0 Å². The van der Waals surface area contributed by atoms with E-state index in [0.29, 0.717) is 11.3 Å². The highest BCUT2D eigenvalue weighted by atomic mass is 16.5. The van der Waals surface area contributed by atoms with Crippen molar-refractivity contribution in [2.75, 3.05) is 13.7 Å². The van der Waals surface area contributed by atoms with Crippen molar-refractivity contribution in [3.05, 3.63) is 41.7 Å². The first-order valence-electron chi connectivity index (χ1n) is 7.94. The Labute approximate surface area is 156 Å². The molecule has 1 aromatic rings. The smallest absolute Gasteiger partial charge is 0.345 e. The molecule has 0 amide bonds. The molecule has 1 aromatic carbocycles. The Hall–Kier alpha value is -3.36. The second-order valence-corrected chi connectivity index (χ2v) is 5.23. The minimum absolute atomic E-state index is 0.0582. The van der Waals surface area contributed by atoms with E-state index in [1.165, 1.54) is 38.3 Å². The van der Waals surface area contributed by atoms with Crippen LogP contribution in [0.3, 0.4) is 0 Å². The molecular formula is C18H20N2O7. The Morgan fingerprint density at radius 3 is 2.26 bits per heavy atom. The molecule has 0 saturated heterocycles. The van der Waals surface area contributed by atoms with Gasteiger partial charge in [-0.05, 0) is 45.0 Å². The third-order valence-corrected chi connectivity index (χ3v) is 3.13. The predicted octanol–water partition coefficient (Wildman–Crippen LogP) is 2.52. The highest BCUT2D eigenvalue weighted by Crippen LogP contribution is 2.15. The molecule has 1 rings (SSSR count). The third-order valence-electron chi connectivity index (χ3n) is 3.13. The first-order chi connectivity index (χ1) is 12.8. The number of hydrogen-bond acceptors (Lipinski definition) is 9. The molecule has 9 heteroatoms. The summed E-state index contributed by atoms with van der Waals surface area (Å²) in [5, 5.41) is 7.49. The number of carbonyl (C=O) groups excluding carboxylic acids is 4. The first-order valence-corrected chi connectivity index (χ1v) is 7.94. The summed E-state index contributed by atoms with van der Waals surface area (Å²) in [7, 11) is 1.26. The van der Waals surface area contributed by atoms with Gasteiger partial charge >= 0.3 is 17.9 Å². The van der Waals surface area contributed by atoms with Crippen LogP contribution in [0, 0.1) is 0 Å². The van der Waals surface area contributed by atoms with Gasteiger partial charge in [-0.25, -0.2) is 14.4 Å². The van der Waals surface area contributed by atoms with E-state index in [1.54, 1.807) is 6.92 Å². The van der Waals surface area contributed by atoms with Gasteiger partial charge in [-0.3, -0.25) is 4.79 Å². The standard InChI is InChI=1S/C18H20N2O7/c1-5-26-16(22)11(2)10-27-18(24)15(12(3)21)20-19-14-8-6-13(7-9-14)17(23)25-4/h6-10,15H,5H2,1-4H3. The molecule has 144 valence electrons. The Balaban J connectivity index is 2.83. The van der Waals surface area contributed by atoms with Crippen molar-refractivity contribution in [2.24, 2.45) is 10.2 Å². The molecule has 0 N–H and O–H groups in total. The van der Waals surface area contributed by atoms with Gasteiger partial charge in [-0.15, -0.1) is 0 Å². The molecular weight excluding hydrogens is 356 g/mol. The molecule has 0 aliphatic carbocycles. The van der Waals surface area contributed by atoms with Crippen LogP contribution in [0.4, 0.5) is 5.69 Å². The largest absolute Gasteiger partial charge is 0.465 e. The van der Waals surface area contributed by atoms with E-state index < -0.39 is 29.7 Å². The summed E-state index contributed by atoms with van der Waals surface area (Å²) in [6.45, 7) is 4.38. The van der Waals surface area contributed by atoms with Crippen molar-refractivity contribution in [2.45, 2.75) is 26.8 Å². The van der Waals surface area contributed by atoms with Crippen LogP contribution in [-0.4, -0.2) is 43.4 Å². The second kappa shape index (κ2) is 10.6. The van der Waals surface area contributed by atoms with Gasteiger partial charge in [0.05, 0.1) is 30.5 Å². The maximum Gasteiger partial charge on any atom is 0.345 e. The number of azo groups is 1. The van der Waals surface area contributed by atoms with E-state index in [0.717, 1.165) is 13.2 Å². The zero-order chi connectivity index (χ0) is 20.4. The number of rotatable bonds is 8. The zero-order valence-electron chi connectivity index (χ0n) is 15.4. The molecule has 27 heavy (non-hydrogen) atoms. The van der Waals surface area contributed by atoms with Crippen molar-refractivity contribution >= 4 is 29.4 Å². The van der Waals surface area contributed by atoms with E-state index in [-0.39, 0.29) is 12.2 Å². The number of carbonyl (C=O) groups is 4. The number of Topliss-reactive ketones (excluding diaryl/α,β-unsaturated/α-hetero) is 1. The Bertz CT molecular complexity index is 766. The van der Waals surface area contributed by atoms with Gasteiger partial charge in [-0.2, -0.15) is 10.2 Å². The summed E-state index contributed by atoms with van der Waals surface area (Å²) in [5.41, 5.74) is 0.696. The normalized spacial score (nSPS) is 12.4. The van der Waals surface area contributed by atoms with Crippen LogP contribution in [0.2, 0.25) is 0 Å². The topological polar surface area (TPSA) is 121 Å². The highest BCUT2D eigenvalue weighted by molar-refractivity contribution is 6.02. The number of methoxy groups -OCH3 is 1. The predicted molar refractivity (Wildman–Crippen MR) is 93.2 cm³/mol. The lowest BCUT2D eigenvalue weighted by Crippen LogP contribution is -2.27. The fraction of sp³-hybridized carbons (Fsp3) is 0.333. The van der Waals surface area contributed by atoms with Crippen LogP contribution in [0.25, 0.3) is 0 Å². The fourth-order valence-corrected chi connectivity index (χ4v) is 1.70. The number of ketones is 1. The molecule has 0 fully saturated rings. The lowest BCUT2D eigenvalue weighted by atomic mass is 10.2. The van der Waals surface area contributed by atoms with E-state index >= 15 is 0 Å². The van der Waals surface area contributed by atoms with Crippen LogP contribution >= 0.6 is 0 Å². The van der Waals surface area contributed by atoms with Gasteiger partial charge in [0.15, 0.2) is 5.78 Å². The summed E-state index contributed by atoms with van der Waals surface area (Å²) < 4.78 is 14.1. The van der Waals surface area contributed by atoms with E-state index in [9.17, 15) is 19.2 Å². The van der Waals surface area contributed by atoms with E-state index in [4.69, 9.17) is 9.47 Å². The summed E-state index contributed by atoms with van der Waals surface area (Å²) in [5.74, 6) is -2.72. The Morgan fingerprint density at radius 2 is 1.74 bits per heavy atom. The molecule has 0 aromatic heterocycles. The molecule has 9 nitrogen and oxygen atoms in total. The van der Waals surface area contributed by atoms with Crippen molar-refractivity contribution in [1.29, 1.82) is 0 Å². The van der Waals surface area contributed by atoms with E-state index in [1.807, 2.05) is 0 Å². The second-order valence-electron chi connectivity index (χ2n) is 5.23. The first kappa shape index (κ1) is 21.7. The highest BCUT2D eigenvalue weighted by Gasteiger charge is 2.24. The van der Waals surface area contributed by atoms with Gasteiger partial charge in [0.25, 0.3) is 0 Å². The van der Waals surface area contributed by atoms with E-state index in [2.05, 4.69) is 15.0 Å². The monoisotopic (exact) mass is 376 g/mol. The average Bonchev–Trinajstić information content (AvgIpc) is 2.65. The van der Waals surface area contributed by atoms with Gasteiger partial charge in [0.2, 0.25) is 6.04 Å². The number of benzene rings is 1. The van der Waals surface area contributed by atoms with Crippen LogP contribution in [-0.2, 0) is 28.6 Å². The number of hydrogen-bond donors (Lipinski definition) is 0. The molecule has 0 radical (unpaired) electrons. The Morgan fingerprint density at radius 1 is 1.11 bits per heavy atom. The maximum atomic E-state index is 12.0. The van der Waals surface area contributed by atoms with Crippen molar-refractivity contribution in [3.63, 3.8) is 0 Å². The molecule has 1 unspecified atom stereocenters. The minimum Gasteiger partial charge on any atom is -0.465 e. The van der Waals surface area contributed by atoms with Crippen LogP contribution < -0.4 is 0 Å². The summed E-state index contributed by atoms with van der Waals surface area (Å²) in [4.78, 5) is 46.5.